The standard InChI is InChI=1S/C28H47NO2.3C2H6/c1-19(2)8-6-7-9-20-11-13-24-23-12-10-21-18-22(31-26(30)29-5)14-16-28(21,4)25(23)15-17-27(20,24)3;3*1-2/h10,19-20,22-25H,6-9,11-18H2,1-5H3,(H,29,30);3*1-2H3. The summed E-state index contributed by atoms with van der Waals surface area (Å²) in [5, 5.41) is 2.62. The maximum absolute atomic E-state index is 11.7. The topological polar surface area (TPSA) is 38.3 Å². The molecule has 3 heteroatoms. The lowest BCUT2D eigenvalue weighted by Gasteiger charge is -2.58. The summed E-state index contributed by atoms with van der Waals surface area (Å²) < 4.78 is 5.64. The number of ether oxygens (including phenoxy) is 1. The summed E-state index contributed by atoms with van der Waals surface area (Å²) in [6.07, 6.45) is 18.3. The van der Waals surface area contributed by atoms with Crippen molar-refractivity contribution in [3.05, 3.63) is 11.6 Å². The van der Waals surface area contributed by atoms with Gasteiger partial charge in [-0.1, -0.05) is 100 Å². The Morgan fingerprint density at radius 2 is 1.65 bits per heavy atom. The monoisotopic (exact) mass is 520 g/mol. The van der Waals surface area contributed by atoms with Gasteiger partial charge in [-0.05, 0) is 91.8 Å². The Kier molecular flexibility index (Phi) is 14.9. The smallest absolute Gasteiger partial charge is 0.407 e. The summed E-state index contributed by atoms with van der Waals surface area (Å²) >= 11 is 0. The van der Waals surface area contributed by atoms with Gasteiger partial charge in [-0.15, -0.1) is 0 Å². The van der Waals surface area contributed by atoms with Crippen LogP contribution < -0.4 is 5.32 Å². The van der Waals surface area contributed by atoms with Gasteiger partial charge in [0.2, 0.25) is 0 Å². The molecule has 4 aliphatic rings. The molecule has 0 radical (unpaired) electrons. The summed E-state index contributed by atoms with van der Waals surface area (Å²) in [6.45, 7) is 21.9. The maximum atomic E-state index is 11.7. The minimum Gasteiger partial charge on any atom is -0.446 e. The number of fused-ring (bicyclic) bond motifs is 5. The summed E-state index contributed by atoms with van der Waals surface area (Å²) in [5.74, 6) is 4.45. The molecule has 0 aromatic rings. The van der Waals surface area contributed by atoms with Crippen molar-refractivity contribution in [3.8, 4) is 0 Å². The second-order valence-corrected chi connectivity index (χ2v) is 12.3. The number of hydrogen-bond donors (Lipinski definition) is 1. The predicted octanol–water partition coefficient (Wildman–Crippen LogP) is 10.6. The summed E-state index contributed by atoms with van der Waals surface area (Å²) in [6, 6.07) is 0. The van der Waals surface area contributed by atoms with E-state index in [1.54, 1.807) is 12.6 Å². The second kappa shape index (κ2) is 16.2. The van der Waals surface area contributed by atoms with E-state index in [-0.39, 0.29) is 12.2 Å². The van der Waals surface area contributed by atoms with Crippen molar-refractivity contribution in [1.29, 1.82) is 0 Å². The van der Waals surface area contributed by atoms with Crippen LogP contribution in [0.4, 0.5) is 4.79 Å². The van der Waals surface area contributed by atoms with Gasteiger partial charge in [0.1, 0.15) is 6.10 Å². The lowest BCUT2D eigenvalue weighted by Crippen LogP contribution is -2.50. The third-order valence-corrected chi connectivity index (χ3v) is 10.3. The van der Waals surface area contributed by atoms with Crippen LogP contribution in [0.1, 0.15) is 146 Å². The van der Waals surface area contributed by atoms with Gasteiger partial charge in [0.25, 0.3) is 0 Å². The molecule has 0 heterocycles. The molecule has 4 rings (SSSR count). The highest BCUT2D eigenvalue weighted by molar-refractivity contribution is 5.66. The number of hydrogen-bond acceptors (Lipinski definition) is 2. The Morgan fingerprint density at radius 3 is 2.27 bits per heavy atom. The first-order valence-corrected chi connectivity index (χ1v) is 16.4. The van der Waals surface area contributed by atoms with Gasteiger partial charge in [-0.3, -0.25) is 0 Å². The fourth-order valence-electron chi connectivity index (χ4n) is 8.46. The van der Waals surface area contributed by atoms with Gasteiger partial charge in [0, 0.05) is 13.5 Å². The average Bonchev–Trinajstić information content (AvgIpc) is 3.26. The zero-order chi connectivity index (χ0) is 28.2. The van der Waals surface area contributed by atoms with E-state index in [0.717, 1.165) is 42.4 Å². The number of rotatable bonds is 6. The van der Waals surface area contributed by atoms with E-state index in [4.69, 9.17) is 4.74 Å². The summed E-state index contributed by atoms with van der Waals surface area (Å²) in [5.41, 5.74) is 2.52. The summed E-state index contributed by atoms with van der Waals surface area (Å²) in [4.78, 5) is 11.7. The van der Waals surface area contributed by atoms with Gasteiger partial charge < -0.3 is 10.1 Å². The highest BCUT2D eigenvalue weighted by Gasteiger charge is 2.58. The molecule has 7 unspecified atom stereocenters. The SMILES string of the molecule is CC.CC.CC.CNC(=O)OC1CCC2(C)C(=CCC3C2CCC2(C)C(CCCCC(C)C)CCC32)C1. The maximum Gasteiger partial charge on any atom is 0.407 e. The fourth-order valence-corrected chi connectivity index (χ4v) is 8.46. The number of carbonyl (C=O) groups is 1. The van der Waals surface area contributed by atoms with Crippen molar-refractivity contribution in [3.63, 3.8) is 0 Å². The van der Waals surface area contributed by atoms with E-state index in [0.29, 0.717) is 10.8 Å². The predicted molar refractivity (Wildman–Crippen MR) is 162 cm³/mol. The van der Waals surface area contributed by atoms with Crippen LogP contribution in [0.2, 0.25) is 0 Å². The van der Waals surface area contributed by atoms with Crippen molar-refractivity contribution < 1.29 is 9.53 Å². The quantitative estimate of drug-likeness (QED) is 0.280. The van der Waals surface area contributed by atoms with Crippen molar-refractivity contribution >= 4 is 6.09 Å². The molecule has 0 aromatic heterocycles. The molecule has 0 spiro atoms. The second-order valence-electron chi connectivity index (χ2n) is 12.3. The number of unbranched alkanes of at least 4 members (excludes halogenated alkanes) is 1. The molecule has 0 saturated heterocycles. The van der Waals surface area contributed by atoms with Crippen LogP contribution in [0.3, 0.4) is 0 Å². The molecule has 3 nitrogen and oxygen atoms in total. The molecule has 0 bridgehead atoms. The van der Waals surface area contributed by atoms with Crippen LogP contribution in [0.5, 0.6) is 0 Å². The third-order valence-electron chi connectivity index (χ3n) is 10.3. The molecule has 4 aliphatic carbocycles. The van der Waals surface area contributed by atoms with E-state index in [1.807, 2.05) is 41.5 Å². The third kappa shape index (κ3) is 7.78. The van der Waals surface area contributed by atoms with E-state index >= 15 is 0 Å². The molecule has 7 atom stereocenters. The van der Waals surface area contributed by atoms with Crippen LogP contribution in [-0.4, -0.2) is 19.2 Å². The number of allylic oxidation sites excluding steroid dienone is 1. The van der Waals surface area contributed by atoms with Crippen LogP contribution in [0.15, 0.2) is 11.6 Å². The minimum atomic E-state index is -0.276. The summed E-state index contributed by atoms with van der Waals surface area (Å²) in [7, 11) is 1.65. The Labute approximate surface area is 232 Å². The fraction of sp³-hybridized carbons (Fsp3) is 0.912. The van der Waals surface area contributed by atoms with Gasteiger partial charge in [0.15, 0.2) is 0 Å². The van der Waals surface area contributed by atoms with E-state index in [1.165, 1.54) is 64.2 Å². The van der Waals surface area contributed by atoms with Crippen molar-refractivity contribution in [1.82, 2.24) is 5.32 Å². The van der Waals surface area contributed by atoms with Gasteiger partial charge in [-0.2, -0.15) is 0 Å². The van der Waals surface area contributed by atoms with Crippen LogP contribution in [0.25, 0.3) is 0 Å². The Morgan fingerprint density at radius 1 is 0.973 bits per heavy atom. The van der Waals surface area contributed by atoms with Gasteiger partial charge in [0.05, 0.1) is 0 Å². The van der Waals surface area contributed by atoms with Gasteiger partial charge in [-0.25, -0.2) is 4.79 Å². The molecule has 0 aliphatic heterocycles. The molecule has 0 aromatic carbocycles. The number of alkyl carbamates (subject to hydrolysis) is 1. The van der Waals surface area contributed by atoms with Crippen LogP contribution in [0, 0.1) is 40.4 Å². The number of nitrogens with one attached hydrogen (secondary N) is 1. The zero-order valence-electron chi connectivity index (χ0n) is 26.8. The zero-order valence-corrected chi connectivity index (χ0v) is 26.8. The minimum absolute atomic E-state index is 0.0615. The molecular formula is C34H65NO2. The number of carbonyl (C=O) groups excluding carboxylic acids is 1. The van der Waals surface area contributed by atoms with Crippen molar-refractivity contribution in [2.24, 2.45) is 40.4 Å². The Balaban J connectivity index is 0.00000106. The Hall–Kier alpha value is -0.990. The first kappa shape index (κ1) is 34.0. The molecule has 3 fully saturated rings. The van der Waals surface area contributed by atoms with Crippen LogP contribution in [-0.2, 0) is 4.74 Å². The van der Waals surface area contributed by atoms with E-state index in [9.17, 15) is 4.79 Å². The number of amides is 1. The van der Waals surface area contributed by atoms with Crippen molar-refractivity contribution in [2.75, 3.05) is 7.05 Å². The average molecular weight is 520 g/mol. The Bertz CT molecular complexity index is 685. The van der Waals surface area contributed by atoms with Crippen molar-refractivity contribution in [2.45, 2.75) is 152 Å². The molecule has 37 heavy (non-hydrogen) atoms. The van der Waals surface area contributed by atoms with Crippen LogP contribution >= 0.6 is 0 Å². The van der Waals surface area contributed by atoms with E-state index < -0.39 is 0 Å². The molecule has 218 valence electrons. The molecule has 1 N–H and O–H groups in total. The lowest BCUT2D eigenvalue weighted by molar-refractivity contribution is -0.0518. The van der Waals surface area contributed by atoms with Gasteiger partial charge >= 0.3 is 6.09 Å². The lowest BCUT2D eigenvalue weighted by atomic mass is 9.47. The van der Waals surface area contributed by atoms with E-state index in [2.05, 4.69) is 39.1 Å². The largest absolute Gasteiger partial charge is 0.446 e. The highest BCUT2D eigenvalue weighted by atomic mass is 16.6. The normalized spacial score (nSPS) is 35.5. The first-order valence-electron chi connectivity index (χ1n) is 16.4. The molecule has 3 saturated carbocycles. The molecule has 1 amide bonds. The highest BCUT2D eigenvalue weighted by Crippen LogP contribution is 2.66. The first-order chi connectivity index (χ1) is 17.8. The molecular weight excluding hydrogens is 454 g/mol.